The molecule has 0 saturated heterocycles. The Morgan fingerprint density at radius 3 is 2.71 bits per heavy atom. The van der Waals surface area contributed by atoms with E-state index in [1.54, 1.807) is 17.9 Å². The Hall–Kier alpha value is -1.21. The molecule has 2 aromatic rings. The predicted molar refractivity (Wildman–Crippen MR) is 70.4 cm³/mol. The van der Waals surface area contributed by atoms with Crippen LogP contribution >= 0.6 is 27.3 Å². The van der Waals surface area contributed by atoms with Crippen molar-refractivity contribution < 1.29 is 4.79 Å². The van der Waals surface area contributed by atoms with Gasteiger partial charge < -0.3 is 0 Å². The first-order valence-corrected chi connectivity index (χ1v) is 6.53. The lowest BCUT2D eigenvalue weighted by molar-refractivity contribution is 0.102. The molecule has 1 N–H and O–H groups in total. The van der Waals surface area contributed by atoms with Crippen molar-refractivity contribution >= 4 is 38.3 Å². The second kappa shape index (κ2) is 4.58. The molecule has 90 valence electrons. The molecule has 2 heterocycles. The van der Waals surface area contributed by atoms with Gasteiger partial charge in [0.25, 0.3) is 5.91 Å². The third kappa shape index (κ3) is 2.55. The van der Waals surface area contributed by atoms with E-state index >= 15 is 0 Å². The van der Waals surface area contributed by atoms with Crippen LogP contribution in [0.1, 0.15) is 21.1 Å². The van der Waals surface area contributed by atoms with Crippen LogP contribution in [0.2, 0.25) is 0 Å². The Balaban J connectivity index is 2.19. The van der Waals surface area contributed by atoms with Crippen molar-refractivity contribution in [3.05, 3.63) is 26.9 Å². The van der Waals surface area contributed by atoms with E-state index in [9.17, 15) is 4.79 Å². The number of thiazole rings is 1. The Bertz CT molecular complexity index is 555. The maximum absolute atomic E-state index is 11.9. The van der Waals surface area contributed by atoms with Crippen molar-refractivity contribution in [2.75, 3.05) is 5.32 Å². The molecule has 0 aliphatic carbocycles. The molecular formula is C10H11BrN4OS. The molecule has 0 radical (unpaired) electrons. The minimum Gasteiger partial charge on any atom is -0.296 e. The SMILES string of the molecule is Cc1nc(NC(=O)c2nn(C)cc2Br)sc1C. The molecule has 0 aromatic carbocycles. The summed E-state index contributed by atoms with van der Waals surface area (Å²) >= 11 is 4.75. The zero-order valence-corrected chi connectivity index (χ0v) is 12.0. The lowest BCUT2D eigenvalue weighted by Gasteiger charge is -1.98. The van der Waals surface area contributed by atoms with Gasteiger partial charge in [0.2, 0.25) is 0 Å². The maximum atomic E-state index is 11.9. The van der Waals surface area contributed by atoms with Crippen LogP contribution in [-0.2, 0) is 7.05 Å². The number of carbonyl (C=O) groups excluding carboxylic acids is 1. The summed E-state index contributed by atoms with van der Waals surface area (Å²) < 4.78 is 2.25. The number of halogens is 1. The van der Waals surface area contributed by atoms with Crippen molar-refractivity contribution in [2.24, 2.45) is 7.05 Å². The minimum atomic E-state index is -0.258. The molecule has 2 aromatic heterocycles. The Kier molecular flexibility index (Phi) is 3.30. The van der Waals surface area contributed by atoms with E-state index in [0.29, 0.717) is 15.3 Å². The van der Waals surface area contributed by atoms with E-state index in [1.165, 1.54) is 11.3 Å². The second-order valence-electron chi connectivity index (χ2n) is 3.61. The predicted octanol–water partition coefficient (Wildman–Crippen LogP) is 2.51. The van der Waals surface area contributed by atoms with Crippen LogP contribution in [0.4, 0.5) is 5.13 Å². The average molecular weight is 315 g/mol. The molecule has 0 atom stereocenters. The smallest absolute Gasteiger partial charge is 0.279 e. The molecule has 1 amide bonds. The molecular weight excluding hydrogens is 304 g/mol. The van der Waals surface area contributed by atoms with Gasteiger partial charge in [-0.15, -0.1) is 11.3 Å². The van der Waals surface area contributed by atoms with Gasteiger partial charge >= 0.3 is 0 Å². The largest absolute Gasteiger partial charge is 0.296 e. The highest BCUT2D eigenvalue weighted by Crippen LogP contribution is 2.22. The van der Waals surface area contributed by atoms with Gasteiger partial charge in [0.15, 0.2) is 10.8 Å². The summed E-state index contributed by atoms with van der Waals surface area (Å²) in [5.74, 6) is -0.258. The first-order chi connectivity index (χ1) is 7.97. The van der Waals surface area contributed by atoms with Gasteiger partial charge in [-0.05, 0) is 29.8 Å². The molecule has 2 rings (SSSR count). The van der Waals surface area contributed by atoms with Crippen LogP contribution in [-0.4, -0.2) is 20.7 Å². The van der Waals surface area contributed by atoms with Gasteiger partial charge in [0, 0.05) is 18.1 Å². The van der Waals surface area contributed by atoms with E-state index in [1.807, 2.05) is 13.8 Å². The highest BCUT2D eigenvalue weighted by Gasteiger charge is 2.16. The zero-order valence-electron chi connectivity index (χ0n) is 9.61. The van der Waals surface area contributed by atoms with Crippen LogP contribution in [0.5, 0.6) is 0 Å². The summed E-state index contributed by atoms with van der Waals surface area (Å²) in [7, 11) is 1.76. The molecule has 0 unspecified atom stereocenters. The molecule has 0 fully saturated rings. The van der Waals surface area contributed by atoms with Crippen LogP contribution in [0.15, 0.2) is 10.7 Å². The Morgan fingerprint density at radius 1 is 1.53 bits per heavy atom. The van der Waals surface area contributed by atoms with E-state index in [0.717, 1.165) is 10.6 Å². The van der Waals surface area contributed by atoms with Crippen molar-refractivity contribution in [1.82, 2.24) is 14.8 Å². The van der Waals surface area contributed by atoms with Gasteiger partial charge in [0.05, 0.1) is 10.2 Å². The van der Waals surface area contributed by atoms with Crippen molar-refractivity contribution in [3.63, 3.8) is 0 Å². The van der Waals surface area contributed by atoms with E-state index in [4.69, 9.17) is 0 Å². The number of aromatic nitrogens is 3. The van der Waals surface area contributed by atoms with Crippen LogP contribution < -0.4 is 5.32 Å². The fourth-order valence-corrected chi connectivity index (χ4v) is 2.66. The zero-order chi connectivity index (χ0) is 12.6. The van der Waals surface area contributed by atoms with E-state index < -0.39 is 0 Å². The normalized spacial score (nSPS) is 10.6. The summed E-state index contributed by atoms with van der Waals surface area (Å²) in [5, 5.41) is 7.41. The summed E-state index contributed by atoms with van der Waals surface area (Å²) in [6.45, 7) is 3.89. The first-order valence-electron chi connectivity index (χ1n) is 4.92. The number of amides is 1. The van der Waals surface area contributed by atoms with Gasteiger partial charge in [0.1, 0.15) is 0 Å². The Labute approximate surface area is 111 Å². The van der Waals surface area contributed by atoms with Crippen LogP contribution in [0.25, 0.3) is 0 Å². The number of rotatable bonds is 2. The molecule has 5 nitrogen and oxygen atoms in total. The van der Waals surface area contributed by atoms with Crippen molar-refractivity contribution in [1.29, 1.82) is 0 Å². The molecule has 17 heavy (non-hydrogen) atoms. The molecule has 0 saturated carbocycles. The number of carbonyl (C=O) groups is 1. The first kappa shape index (κ1) is 12.3. The third-order valence-electron chi connectivity index (χ3n) is 2.25. The van der Waals surface area contributed by atoms with E-state index in [-0.39, 0.29) is 5.91 Å². The summed E-state index contributed by atoms with van der Waals surface area (Å²) in [6.07, 6.45) is 1.73. The number of aryl methyl sites for hydroxylation is 3. The van der Waals surface area contributed by atoms with Crippen LogP contribution in [0.3, 0.4) is 0 Å². The minimum absolute atomic E-state index is 0.258. The number of anilines is 1. The summed E-state index contributed by atoms with van der Waals surface area (Å²) in [5.41, 5.74) is 1.29. The molecule has 0 aliphatic heterocycles. The van der Waals surface area contributed by atoms with Crippen molar-refractivity contribution in [2.45, 2.75) is 13.8 Å². The van der Waals surface area contributed by atoms with Gasteiger partial charge in [-0.25, -0.2) is 4.98 Å². The average Bonchev–Trinajstić information content (AvgIpc) is 2.71. The summed E-state index contributed by atoms with van der Waals surface area (Å²) in [6, 6.07) is 0. The lowest BCUT2D eigenvalue weighted by atomic mass is 10.4. The number of nitrogens with zero attached hydrogens (tertiary/aromatic N) is 3. The molecule has 7 heteroatoms. The van der Waals surface area contributed by atoms with Gasteiger partial charge in [-0.2, -0.15) is 5.10 Å². The van der Waals surface area contributed by atoms with Gasteiger partial charge in [-0.1, -0.05) is 0 Å². The topological polar surface area (TPSA) is 59.8 Å². The van der Waals surface area contributed by atoms with Crippen LogP contribution in [0, 0.1) is 13.8 Å². The monoisotopic (exact) mass is 314 g/mol. The molecule has 0 spiro atoms. The molecule has 0 bridgehead atoms. The highest BCUT2D eigenvalue weighted by molar-refractivity contribution is 9.10. The Morgan fingerprint density at radius 2 is 2.24 bits per heavy atom. The molecule has 0 aliphatic rings. The van der Waals surface area contributed by atoms with E-state index in [2.05, 4.69) is 31.3 Å². The third-order valence-corrected chi connectivity index (χ3v) is 3.82. The second-order valence-corrected chi connectivity index (χ2v) is 5.67. The van der Waals surface area contributed by atoms with Crippen molar-refractivity contribution in [3.8, 4) is 0 Å². The number of nitrogens with one attached hydrogen (secondary N) is 1. The lowest BCUT2D eigenvalue weighted by Crippen LogP contribution is -2.13. The van der Waals surface area contributed by atoms with Gasteiger partial charge in [-0.3, -0.25) is 14.8 Å². The fourth-order valence-electron chi connectivity index (χ4n) is 1.30. The quantitative estimate of drug-likeness (QED) is 0.926. The maximum Gasteiger partial charge on any atom is 0.279 e. The summed E-state index contributed by atoms with van der Waals surface area (Å²) in [4.78, 5) is 17.3. The number of hydrogen-bond donors (Lipinski definition) is 1. The highest BCUT2D eigenvalue weighted by atomic mass is 79.9. The standard InChI is InChI=1S/C10H11BrN4OS/c1-5-6(2)17-10(12-5)13-9(16)8-7(11)4-15(3)14-8/h4H,1-3H3,(H,12,13,16). The fraction of sp³-hybridized carbons (Fsp3) is 0.300. The number of hydrogen-bond acceptors (Lipinski definition) is 4.